The highest BCUT2D eigenvalue weighted by molar-refractivity contribution is 6.02. The molecule has 0 aliphatic carbocycles. The summed E-state index contributed by atoms with van der Waals surface area (Å²) in [4.78, 5) is 25.0. The second-order valence-electron chi connectivity index (χ2n) is 4.48. The van der Waals surface area contributed by atoms with E-state index >= 15 is 0 Å². The fourth-order valence-corrected chi connectivity index (χ4v) is 2.20. The van der Waals surface area contributed by atoms with Gasteiger partial charge in [-0.15, -0.1) is 0 Å². The van der Waals surface area contributed by atoms with E-state index in [9.17, 15) is 9.59 Å². The van der Waals surface area contributed by atoms with Gasteiger partial charge in [0, 0.05) is 24.7 Å². The molecule has 1 atom stereocenters. The number of hydrogen-bond donors (Lipinski definition) is 0. The highest BCUT2D eigenvalue weighted by atomic mass is 16.6. The Hall–Kier alpha value is -1.68. The third kappa shape index (κ3) is 1.74. The minimum absolute atomic E-state index is 0.0485. The Kier molecular flexibility index (Phi) is 2.26. The molecule has 3 rings (SSSR count). The van der Waals surface area contributed by atoms with E-state index in [4.69, 9.17) is 4.74 Å². The number of epoxide rings is 1. The average molecular weight is 231 g/mol. The number of ether oxygens (including phenoxy) is 1. The number of benzene rings is 1. The summed E-state index contributed by atoms with van der Waals surface area (Å²) in [5, 5.41) is 0. The second kappa shape index (κ2) is 3.67. The van der Waals surface area contributed by atoms with Crippen LogP contribution in [0.5, 0.6) is 0 Å². The molecule has 0 saturated carbocycles. The quantitative estimate of drug-likeness (QED) is 0.567. The molecular formula is C13H13NO3. The van der Waals surface area contributed by atoms with Crippen molar-refractivity contribution in [3.63, 3.8) is 0 Å². The van der Waals surface area contributed by atoms with Crippen molar-refractivity contribution in [2.45, 2.75) is 18.9 Å². The van der Waals surface area contributed by atoms with E-state index in [1.54, 1.807) is 18.0 Å². The molecule has 1 amide bonds. The van der Waals surface area contributed by atoms with Gasteiger partial charge in [-0.05, 0) is 30.2 Å². The number of nitrogens with zero attached hydrogens (tertiary/aromatic N) is 1. The number of ketones is 1. The zero-order valence-corrected chi connectivity index (χ0v) is 9.60. The average Bonchev–Trinajstić information content (AvgIpc) is 3.17. The number of amides is 1. The van der Waals surface area contributed by atoms with Gasteiger partial charge in [-0.25, -0.2) is 0 Å². The molecule has 0 radical (unpaired) electrons. The van der Waals surface area contributed by atoms with Crippen LogP contribution in [-0.2, 0) is 16.0 Å². The fourth-order valence-electron chi connectivity index (χ4n) is 2.20. The summed E-state index contributed by atoms with van der Waals surface area (Å²) in [6.07, 6.45) is 0.989. The molecule has 0 spiro atoms. The Morgan fingerprint density at radius 3 is 2.88 bits per heavy atom. The van der Waals surface area contributed by atoms with E-state index in [0.717, 1.165) is 11.3 Å². The van der Waals surface area contributed by atoms with Crippen molar-refractivity contribution in [2.24, 2.45) is 0 Å². The van der Waals surface area contributed by atoms with E-state index < -0.39 is 0 Å². The van der Waals surface area contributed by atoms with E-state index in [0.29, 0.717) is 25.0 Å². The molecule has 1 aromatic carbocycles. The maximum Gasteiger partial charge on any atom is 0.227 e. The van der Waals surface area contributed by atoms with Crippen molar-refractivity contribution in [2.75, 3.05) is 18.6 Å². The van der Waals surface area contributed by atoms with Gasteiger partial charge in [0.25, 0.3) is 0 Å². The summed E-state index contributed by atoms with van der Waals surface area (Å²) in [6, 6.07) is 5.52. The number of carbonyl (C=O) groups is 2. The lowest BCUT2D eigenvalue weighted by Crippen LogP contribution is -2.31. The van der Waals surface area contributed by atoms with Crippen LogP contribution in [0, 0.1) is 0 Å². The van der Waals surface area contributed by atoms with Gasteiger partial charge in [0.05, 0.1) is 6.61 Å². The van der Waals surface area contributed by atoms with Crippen LogP contribution in [0.3, 0.4) is 0 Å². The van der Waals surface area contributed by atoms with Crippen LogP contribution in [0.15, 0.2) is 18.2 Å². The molecule has 2 aliphatic heterocycles. The number of aryl methyl sites for hydroxylation is 1. The van der Waals surface area contributed by atoms with Gasteiger partial charge in [-0.1, -0.05) is 0 Å². The predicted molar refractivity (Wildman–Crippen MR) is 62.2 cm³/mol. The zero-order chi connectivity index (χ0) is 12.0. The lowest BCUT2D eigenvalue weighted by atomic mass is 9.97. The predicted octanol–water partition coefficient (Wildman–Crippen LogP) is 1.18. The van der Waals surface area contributed by atoms with Crippen LogP contribution in [0.1, 0.15) is 22.3 Å². The summed E-state index contributed by atoms with van der Waals surface area (Å²) >= 11 is 0. The van der Waals surface area contributed by atoms with Crippen molar-refractivity contribution in [1.82, 2.24) is 0 Å². The van der Waals surface area contributed by atoms with E-state index in [2.05, 4.69) is 0 Å². The first-order chi connectivity index (χ1) is 8.16. The molecule has 4 heteroatoms. The number of anilines is 1. The topological polar surface area (TPSA) is 49.9 Å². The van der Waals surface area contributed by atoms with Crippen LogP contribution in [0.25, 0.3) is 0 Å². The molecule has 0 bridgehead atoms. The summed E-state index contributed by atoms with van der Waals surface area (Å²) in [6.45, 7) is 0.536. The van der Waals surface area contributed by atoms with Crippen molar-refractivity contribution < 1.29 is 14.3 Å². The third-order valence-electron chi connectivity index (χ3n) is 3.33. The van der Waals surface area contributed by atoms with Gasteiger partial charge in [-0.2, -0.15) is 0 Å². The Morgan fingerprint density at radius 1 is 1.41 bits per heavy atom. The molecule has 0 aromatic heterocycles. The summed E-state index contributed by atoms with van der Waals surface area (Å²) in [5.41, 5.74) is 2.67. The van der Waals surface area contributed by atoms with Crippen molar-refractivity contribution in [3.05, 3.63) is 29.3 Å². The normalized spacial score (nSPS) is 22.3. The summed E-state index contributed by atoms with van der Waals surface area (Å²) < 4.78 is 4.99. The Balaban J connectivity index is 1.96. The first-order valence-corrected chi connectivity index (χ1v) is 5.72. The van der Waals surface area contributed by atoms with Crippen LogP contribution >= 0.6 is 0 Å². The maximum atomic E-state index is 11.8. The SMILES string of the molecule is CN1C(=O)CCc2cc(C(=O)C3CO3)ccc21. The summed E-state index contributed by atoms with van der Waals surface area (Å²) in [5.74, 6) is 0.175. The van der Waals surface area contributed by atoms with Crippen LogP contribution in [0.4, 0.5) is 5.69 Å². The number of rotatable bonds is 2. The number of hydrogen-bond acceptors (Lipinski definition) is 3. The monoisotopic (exact) mass is 231 g/mol. The summed E-state index contributed by atoms with van der Waals surface area (Å²) in [7, 11) is 1.77. The van der Waals surface area contributed by atoms with Crippen LogP contribution in [0.2, 0.25) is 0 Å². The Bertz CT molecular complexity index is 505. The molecule has 1 fully saturated rings. The molecule has 2 heterocycles. The van der Waals surface area contributed by atoms with Crippen LogP contribution < -0.4 is 4.90 Å². The lowest BCUT2D eigenvalue weighted by Gasteiger charge is -2.25. The third-order valence-corrected chi connectivity index (χ3v) is 3.33. The molecule has 1 aromatic rings. The largest absolute Gasteiger partial charge is 0.364 e. The Morgan fingerprint density at radius 2 is 2.18 bits per heavy atom. The molecule has 17 heavy (non-hydrogen) atoms. The number of Topliss-reactive ketones (excluding diaryl/α,β-unsaturated/α-hetero) is 1. The van der Waals surface area contributed by atoms with E-state index in [-0.39, 0.29) is 17.8 Å². The molecule has 88 valence electrons. The Labute approximate surface area is 99.2 Å². The maximum absolute atomic E-state index is 11.8. The smallest absolute Gasteiger partial charge is 0.227 e. The fraction of sp³-hybridized carbons (Fsp3) is 0.385. The highest BCUT2D eigenvalue weighted by Crippen LogP contribution is 2.28. The first kappa shape index (κ1) is 10.5. The molecule has 1 unspecified atom stereocenters. The van der Waals surface area contributed by atoms with Crippen LogP contribution in [-0.4, -0.2) is 31.4 Å². The van der Waals surface area contributed by atoms with E-state index in [1.165, 1.54) is 0 Å². The van der Waals surface area contributed by atoms with Gasteiger partial charge >= 0.3 is 0 Å². The molecule has 4 nitrogen and oxygen atoms in total. The van der Waals surface area contributed by atoms with Gasteiger partial charge in [0.2, 0.25) is 5.91 Å². The lowest BCUT2D eigenvalue weighted by molar-refractivity contribution is -0.118. The van der Waals surface area contributed by atoms with Gasteiger partial charge in [0.15, 0.2) is 5.78 Å². The standard InChI is InChI=1S/C13H13NO3/c1-14-10-4-2-9(13(16)11-7-17-11)6-8(10)3-5-12(14)15/h2,4,6,11H,3,5,7H2,1H3. The minimum Gasteiger partial charge on any atom is -0.364 e. The van der Waals surface area contributed by atoms with Gasteiger partial charge in [-0.3, -0.25) is 9.59 Å². The molecular weight excluding hydrogens is 218 g/mol. The van der Waals surface area contributed by atoms with Crippen molar-refractivity contribution >= 4 is 17.4 Å². The van der Waals surface area contributed by atoms with E-state index in [1.807, 2.05) is 12.1 Å². The second-order valence-corrected chi connectivity index (χ2v) is 4.48. The number of fused-ring (bicyclic) bond motifs is 1. The molecule has 2 aliphatic rings. The highest BCUT2D eigenvalue weighted by Gasteiger charge is 2.32. The van der Waals surface area contributed by atoms with Crippen molar-refractivity contribution in [3.8, 4) is 0 Å². The van der Waals surface area contributed by atoms with Gasteiger partial charge in [0.1, 0.15) is 6.10 Å². The minimum atomic E-state index is -0.240. The first-order valence-electron chi connectivity index (χ1n) is 5.72. The van der Waals surface area contributed by atoms with Gasteiger partial charge < -0.3 is 9.64 Å². The number of carbonyl (C=O) groups excluding carboxylic acids is 2. The molecule has 0 N–H and O–H groups in total. The zero-order valence-electron chi connectivity index (χ0n) is 9.60. The molecule has 1 saturated heterocycles. The van der Waals surface area contributed by atoms with Crippen molar-refractivity contribution in [1.29, 1.82) is 0 Å².